The minimum absolute atomic E-state index is 0.199. The van der Waals surface area contributed by atoms with Gasteiger partial charge in [0.15, 0.2) is 5.69 Å². The summed E-state index contributed by atoms with van der Waals surface area (Å²) in [7, 11) is 0. The normalized spacial score (nSPS) is 13.4. The molecule has 162 valence electrons. The molecule has 0 saturated heterocycles. The highest BCUT2D eigenvalue weighted by molar-refractivity contribution is 5.98. The first-order valence-corrected chi connectivity index (χ1v) is 10.7. The molecule has 1 N–H and O–H groups in total. The first-order chi connectivity index (χ1) is 15.6. The summed E-state index contributed by atoms with van der Waals surface area (Å²) >= 11 is 0. The van der Waals surface area contributed by atoms with Gasteiger partial charge >= 0.3 is 0 Å². The third-order valence-corrected chi connectivity index (χ3v) is 5.86. The summed E-state index contributed by atoms with van der Waals surface area (Å²) in [4.78, 5) is 27.2. The molecule has 5 nitrogen and oxygen atoms in total. The maximum atomic E-state index is 13.7. The van der Waals surface area contributed by atoms with Crippen LogP contribution in [0.25, 0.3) is 22.2 Å². The van der Waals surface area contributed by atoms with Crippen molar-refractivity contribution < 1.29 is 13.6 Å². The van der Waals surface area contributed by atoms with Gasteiger partial charge in [0.05, 0.1) is 0 Å². The summed E-state index contributed by atoms with van der Waals surface area (Å²) in [6, 6.07) is 10.5. The van der Waals surface area contributed by atoms with Gasteiger partial charge in [0.1, 0.15) is 17.3 Å². The van der Waals surface area contributed by atoms with E-state index in [9.17, 15) is 13.6 Å². The van der Waals surface area contributed by atoms with E-state index >= 15 is 0 Å². The molecule has 2 aromatic heterocycles. The van der Waals surface area contributed by atoms with Gasteiger partial charge in [-0.3, -0.25) is 9.78 Å². The molecule has 0 bridgehead atoms. The predicted octanol–water partition coefficient (Wildman–Crippen LogP) is 5.00. The lowest BCUT2D eigenvalue weighted by molar-refractivity contribution is 0.0744. The Morgan fingerprint density at radius 1 is 1.03 bits per heavy atom. The van der Waals surface area contributed by atoms with E-state index in [-0.39, 0.29) is 23.2 Å². The van der Waals surface area contributed by atoms with Crippen LogP contribution in [0, 0.1) is 17.6 Å². The number of aromatic nitrogens is 3. The molecule has 2 heterocycles. The number of nitrogens with zero attached hydrogens (tertiary/aromatic N) is 3. The van der Waals surface area contributed by atoms with Crippen LogP contribution in [0.1, 0.15) is 28.9 Å². The molecule has 1 saturated carbocycles. The van der Waals surface area contributed by atoms with Gasteiger partial charge in [-0.05, 0) is 73.2 Å². The summed E-state index contributed by atoms with van der Waals surface area (Å²) < 4.78 is 27.1. The Kier molecular flexibility index (Phi) is 5.39. The summed E-state index contributed by atoms with van der Waals surface area (Å²) in [5.74, 6) is -0.343. The standard InChI is InChI=1S/C25H22F2N4O/c26-19-5-3-17(4-6-19)23-24(29-11-10-28-23)25(32)31(15-16-1-2-16)12-9-18-14-30-22-8-7-20(27)13-21(18)22/h3-8,10-11,13-14,16,30H,1-2,9,12,15H2. The first kappa shape index (κ1) is 20.3. The lowest BCUT2D eigenvalue weighted by Crippen LogP contribution is -2.35. The van der Waals surface area contributed by atoms with Crippen LogP contribution in [0.2, 0.25) is 0 Å². The molecule has 0 radical (unpaired) electrons. The van der Waals surface area contributed by atoms with Gasteiger partial charge < -0.3 is 9.88 Å². The van der Waals surface area contributed by atoms with E-state index in [0.29, 0.717) is 36.7 Å². The fourth-order valence-corrected chi connectivity index (χ4v) is 3.96. The van der Waals surface area contributed by atoms with Gasteiger partial charge in [0.2, 0.25) is 0 Å². The minimum Gasteiger partial charge on any atom is -0.361 e. The highest BCUT2D eigenvalue weighted by Gasteiger charge is 2.29. The van der Waals surface area contributed by atoms with Crippen molar-refractivity contribution in [1.29, 1.82) is 0 Å². The summed E-state index contributed by atoms with van der Waals surface area (Å²) in [5.41, 5.74) is 3.17. The highest BCUT2D eigenvalue weighted by Crippen LogP contribution is 2.31. The van der Waals surface area contributed by atoms with Crippen molar-refractivity contribution in [2.75, 3.05) is 13.1 Å². The Balaban J connectivity index is 1.41. The second-order valence-corrected chi connectivity index (χ2v) is 8.21. The lowest BCUT2D eigenvalue weighted by Gasteiger charge is -2.23. The Bertz CT molecular complexity index is 1260. The topological polar surface area (TPSA) is 61.9 Å². The molecule has 0 spiro atoms. The minimum atomic E-state index is -0.351. The Hall–Kier alpha value is -3.61. The van der Waals surface area contributed by atoms with E-state index in [1.54, 1.807) is 18.2 Å². The van der Waals surface area contributed by atoms with E-state index in [1.165, 1.54) is 36.7 Å². The zero-order chi connectivity index (χ0) is 22.1. The van der Waals surface area contributed by atoms with E-state index in [4.69, 9.17) is 0 Å². The Labute approximate surface area is 184 Å². The Morgan fingerprint density at radius 3 is 2.56 bits per heavy atom. The number of fused-ring (bicyclic) bond motifs is 1. The van der Waals surface area contributed by atoms with Crippen molar-refractivity contribution in [2.24, 2.45) is 5.92 Å². The number of nitrogens with one attached hydrogen (secondary N) is 1. The third kappa shape index (κ3) is 4.23. The molecule has 2 aromatic carbocycles. The molecule has 32 heavy (non-hydrogen) atoms. The number of carbonyl (C=O) groups excluding carboxylic acids is 1. The van der Waals surface area contributed by atoms with Gasteiger partial charge in [-0.15, -0.1) is 0 Å². The second kappa shape index (κ2) is 8.49. The molecule has 5 rings (SSSR count). The van der Waals surface area contributed by atoms with Crippen molar-refractivity contribution in [3.63, 3.8) is 0 Å². The molecule has 7 heteroatoms. The zero-order valence-electron chi connectivity index (χ0n) is 17.4. The number of H-pyrrole nitrogens is 1. The second-order valence-electron chi connectivity index (χ2n) is 8.21. The van der Waals surface area contributed by atoms with E-state index < -0.39 is 0 Å². The molecule has 0 atom stereocenters. The summed E-state index contributed by atoms with van der Waals surface area (Å²) in [6.07, 6.45) is 7.70. The molecule has 0 unspecified atom stereocenters. The molecular formula is C25H22F2N4O. The molecule has 4 aromatic rings. The number of rotatable bonds is 7. The SMILES string of the molecule is O=C(c1nccnc1-c1ccc(F)cc1)N(CCc1c[nH]c2ccc(F)cc12)CC1CC1. The zero-order valence-corrected chi connectivity index (χ0v) is 17.4. The van der Waals surface area contributed by atoms with Crippen molar-refractivity contribution in [3.05, 3.63) is 83.9 Å². The molecule has 1 amide bonds. The fraction of sp³-hybridized carbons (Fsp3) is 0.240. The van der Waals surface area contributed by atoms with Crippen molar-refractivity contribution >= 4 is 16.8 Å². The average molecular weight is 432 g/mol. The fourth-order valence-electron chi connectivity index (χ4n) is 3.96. The van der Waals surface area contributed by atoms with Crippen LogP contribution < -0.4 is 0 Å². The van der Waals surface area contributed by atoms with Crippen molar-refractivity contribution in [3.8, 4) is 11.3 Å². The monoisotopic (exact) mass is 432 g/mol. The summed E-state index contributed by atoms with van der Waals surface area (Å²) in [6.45, 7) is 1.13. The quantitative estimate of drug-likeness (QED) is 0.447. The maximum Gasteiger partial charge on any atom is 0.274 e. The number of benzene rings is 2. The molecule has 1 aliphatic carbocycles. The Morgan fingerprint density at radius 2 is 1.78 bits per heavy atom. The molecule has 1 fully saturated rings. The van der Waals surface area contributed by atoms with Crippen LogP contribution in [-0.4, -0.2) is 38.8 Å². The lowest BCUT2D eigenvalue weighted by atomic mass is 10.1. The van der Waals surface area contributed by atoms with E-state index in [2.05, 4.69) is 15.0 Å². The van der Waals surface area contributed by atoms with E-state index in [1.807, 2.05) is 11.1 Å². The number of amides is 1. The molecular weight excluding hydrogens is 410 g/mol. The van der Waals surface area contributed by atoms with Crippen molar-refractivity contribution in [1.82, 2.24) is 19.9 Å². The number of hydrogen-bond donors (Lipinski definition) is 1. The van der Waals surface area contributed by atoms with Gasteiger partial charge in [-0.25, -0.2) is 13.8 Å². The molecule has 1 aliphatic rings. The first-order valence-electron chi connectivity index (χ1n) is 10.7. The van der Waals surface area contributed by atoms with E-state index in [0.717, 1.165) is 29.3 Å². The van der Waals surface area contributed by atoms with Crippen LogP contribution >= 0.6 is 0 Å². The third-order valence-electron chi connectivity index (χ3n) is 5.86. The van der Waals surface area contributed by atoms with Crippen molar-refractivity contribution in [2.45, 2.75) is 19.3 Å². The average Bonchev–Trinajstić information content (AvgIpc) is 3.55. The predicted molar refractivity (Wildman–Crippen MR) is 118 cm³/mol. The van der Waals surface area contributed by atoms with Crippen LogP contribution in [-0.2, 0) is 6.42 Å². The summed E-state index contributed by atoms with van der Waals surface area (Å²) in [5, 5.41) is 0.829. The maximum absolute atomic E-state index is 13.7. The van der Waals surface area contributed by atoms with Gasteiger partial charge in [-0.2, -0.15) is 0 Å². The van der Waals surface area contributed by atoms with Crippen LogP contribution in [0.15, 0.2) is 61.1 Å². The van der Waals surface area contributed by atoms with Gasteiger partial charge in [0.25, 0.3) is 5.91 Å². The van der Waals surface area contributed by atoms with Gasteiger partial charge in [-0.1, -0.05) is 0 Å². The largest absolute Gasteiger partial charge is 0.361 e. The van der Waals surface area contributed by atoms with Crippen LogP contribution in [0.5, 0.6) is 0 Å². The number of hydrogen-bond acceptors (Lipinski definition) is 3. The van der Waals surface area contributed by atoms with Crippen LogP contribution in [0.3, 0.4) is 0 Å². The highest BCUT2D eigenvalue weighted by atomic mass is 19.1. The van der Waals surface area contributed by atoms with Crippen LogP contribution in [0.4, 0.5) is 8.78 Å². The number of halogens is 2. The number of carbonyl (C=O) groups is 1. The van der Waals surface area contributed by atoms with Gasteiger partial charge in [0, 0.05) is 48.1 Å². The number of aromatic amines is 1. The molecule has 0 aliphatic heterocycles. The smallest absolute Gasteiger partial charge is 0.274 e.